The van der Waals surface area contributed by atoms with E-state index in [2.05, 4.69) is 19.9 Å². The second-order valence-electron chi connectivity index (χ2n) is 3.93. The predicted octanol–water partition coefficient (Wildman–Crippen LogP) is 3.64. The van der Waals surface area contributed by atoms with Crippen LogP contribution in [0.3, 0.4) is 0 Å². The van der Waals surface area contributed by atoms with Gasteiger partial charge in [-0.2, -0.15) is 0 Å². The second kappa shape index (κ2) is 5.13. The number of benzene rings is 1. The van der Waals surface area contributed by atoms with E-state index in [4.69, 9.17) is 0 Å². The summed E-state index contributed by atoms with van der Waals surface area (Å²) in [6.07, 6.45) is 3.97. The molecule has 1 aromatic rings. The van der Waals surface area contributed by atoms with Gasteiger partial charge in [0, 0.05) is 0 Å². The first-order valence-corrected chi connectivity index (χ1v) is 5.60. The van der Waals surface area contributed by atoms with Crippen molar-refractivity contribution in [1.82, 2.24) is 0 Å². The van der Waals surface area contributed by atoms with Crippen molar-refractivity contribution in [3.05, 3.63) is 47.5 Å². The fourth-order valence-corrected chi connectivity index (χ4v) is 1.88. The molecule has 1 nitrogen and oxygen atoms in total. The summed E-state index contributed by atoms with van der Waals surface area (Å²) in [5, 5.41) is 10.5. The van der Waals surface area contributed by atoms with Gasteiger partial charge in [-0.25, -0.2) is 0 Å². The molecule has 0 saturated heterocycles. The van der Waals surface area contributed by atoms with E-state index in [1.165, 1.54) is 0 Å². The summed E-state index contributed by atoms with van der Waals surface area (Å²) < 4.78 is 0. The first-order chi connectivity index (χ1) is 7.12. The summed E-state index contributed by atoms with van der Waals surface area (Å²) >= 11 is 0. The minimum Gasteiger partial charge on any atom is -0.381 e. The van der Waals surface area contributed by atoms with Crippen LogP contribution < -0.4 is 0 Å². The summed E-state index contributed by atoms with van der Waals surface area (Å²) in [5.74, 6) is 0. The summed E-state index contributed by atoms with van der Waals surface area (Å²) in [6.45, 7) is 6.04. The topological polar surface area (TPSA) is 20.2 Å². The number of allylic oxidation sites excluding steroid dienone is 1. The Morgan fingerprint density at radius 3 is 2.33 bits per heavy atom. The SMILES string of the molecule is CCC=C(CC)C(C)(O)c1ccccc1. The van der Waals surface area contributed by atoms with Crippen molar-refractivity contribution in [2.75, 3.05) is 0 Å². The first-order valence-electron chi connectivity index (χ1n) is 5.60. The molecule has 0 bridgehead atoms. The van der Waals surface area contributed by atoms with Crippen molar-refractivity contribution in [1.29, 1.82) is 0 Å². The monoisotopic (exact) mass is 204 g/mol. The minimum atomic E-state index is -0.827. The summed E-state index contributed by atoms with van der Waals surface area (Å²) in [6, 6.07) is 9.83. The van der Waals surface area contributed by atoms with Crippen LogP contribution in [0.2, 0.25) is 0 Å². The van der Waals surface area contributed by atoms with Crippen LogP contribution in [0.15, 0.2) is 42.0 Å². The van der Waals surface area contributed by atoms with Crippen LogP contribution in [0.1, 0.15) is 39.2 Å². The van der Waals surface area contributed by atoms with Gasteiger partial charge in [0.05, 0.1) is 0 Å². The summed E-state index contributed by atoms with van der Waals surface area (Å²) in [5.41, 5.74) is 1.23. The highest BCUT2D eigenvalue weighted by atomic mass is 16.3. The lowest BCUT2D eigenvalue weighted by atomic mass is 9.86. The van der Waals surface area contributed by atoms with Crippen molar-refractivity contribution in [2.45, 2.75) is 39.2 Å². The van der Waals surface area contributed by atoms with E-state index in [1.54, 1.807) is 0 Å². The quantitative estimate of drug-likeness (QED) is 0.742. The number of rotatable bonds is 4. The highest BCUT2D eigenvalue weighted by molar-refractivity contribution is 5.31. The normalized spacial score (nSPS) is 16.1. The zero-order chi connectivity index (χ0) is 11.3. The van der Waals surface area contributed by atoms with Crippen molar-refractivity contribution in [3.63, 3.8) is 0 Å². The Labute approximate surface area is 92.5 Å². The Kier molecular flexibility index (Phi) is 4.10. The smallest absolute Gasteiger partial charge is 0.108 e. The molecule has 0 amide bonds. The largest absolute Gasteiger partial charge is 0.381 e. The Morgan fingerprint density at radius 1 is 1.27 bits per heavy atom. The summed E-state index contributed by atoms with van der Waals surface area (Å²) in [7, 11) is 0. The minimum absolute atomic E-state index is 0.827. The van der Waals surface area contributed by atoms with Gasteiger partial charge in [-0.15, -0.1) is 0 Å². The Hall–Kier alpha value is -1.08. The average Bonchev–Trinajstić information content (AvgIpc) is 2.27. The molecule has 0 radical (unpaired) electrons. The van der Waals surface area contributed by atoms with Crippen LogP contribution in [-0.2, 0) is 5.60 Å². The van der Waals surface area contributed by atoms with Crippen LogP contribution in [0.4, 0.5) is 0 Å². The molecule has 0 saturated carbocycles. The van der Waals surface area contributed by atoms with Crippen molar-refractivity contribution in [2.24, 2.45) is 0 Å². The maximum absolute atomic E-state index is 10.5. The molecule has 0 spiro atoms. The van der Waals surface area contributed by atoms with E-state index in [1.807, 2.05) is 37.3 Å². The molecule has 0 heterocycles. The van der Waals surface area contributed by atoms with Crippen molar-refractivity contribution < 1.29 is 5.11 Å². The fourth-order valence-electron chi connectivity index (χ4n) is 1.88. The van der Waals surface area contributed by atoms with E-state index in [-0.39, 0.29) is 0 Å². The van der Waals surface area contributed by atoms with E-state index in [0.29, 0.717) is 0 Å². The maximum atomic E-state index is 10.5. The van der Waals surface area contributed by atoms with Gasteiger partial charge in [-0.3, -0.25) is 0 Å². The van der Waals surface area contributed by atoms with Crippen LogP contribution >= 0.6 is 0 Å². The number of aliphatic hydroxyl groups is 1. The molecular weight excluding hydrogens is 184 g/mol. The number of hydrogen-bond acceptors (Lipinski definition) is 1. The first kappa shape index (κ1) is 12.0. The highest BCUT2D eigenvalue weighted by Crippen LogP contribution is 2.30. The Balaban J connectivity index is 3.06. The molecular formula is C14H20O. The van der Waals surface area contributed by atoms with Gasteiger partial charge >= 0.3 is 0 Å². The molecule has 1 unspecified atom stereocenters. The molecule has 1 heteroatoms. The van der Waals surface area contributed by atoms with Gasteiger partial charge in [-0.05, 0) is 30.9 Å². The van der Waals surface area contributed by atoms with Crippen LogP contribution in [-0.4, -0.2) is 5.11 Å². The standard InChI is InChI=1S/C14H20O/c1-4-9-12(5-2)14(3,15)13-10-7-6-8-11-13/h6-11,15H,4-5H2,1-3H3. The third-order valence-corrected chi connectivity index (χ3v) is 2.79. The molecule has 0 aliphatic carbocycles. The van der Waals surface area contributed by atoms with Gasteiger partial charge in [0.15, 0.2) is 0 Å². The van der Waals surface area contributed by atoms with Crippen LogP contribution in [0, 0.1) is 0 Å². The molecule has 0 aromatic heterocycles. The van der Waals surface area contributed by atoms with Gasteiger partial charge in [0.25, 0.3) is 0 Å². The third-order valence-electron chi connectivity index (χ3n) is 2.79. The van der Waals surface area contributed by atoms with Gasteiger partial charge < -0.3 is 5.11 Å². The molecule has 15 heavy (non-hydrogen) atoms. The lowest BCUT2D eigenvalue weighted by Crippen LogP contribution is -2.23. The van der Waals surface area contributed by atoms with Crippen molar-refractivity contribution in [3.8, 4) is 0 Å². The predicted molar refractivity (Wildman–Crippen MR) is 64.7 cm³/mol. The van der Waals surface area contributed by atoms with E-state index >= 15 is 0 Å². The van der Waals surface area contributed by atoms with Gasteiger partial charge in [0.2, 0.25) is 0 Å². The lowest BCUT2D eigenvalue weighted by Gasteiger charge is -2.27. The molecule has 0 fully saturated rings. The van der Waals surface area contributed by atoms with E-state index < -0.39 is 5.60 Å². The lowest BCUT2D eigenvalue weighted by molar-refractivity contribution is 0.0939. The zero-order valence-corrected chi connectivity index (χ0v) is 9.83. The second-order valence-corrected chi connectivity index (χ2v) is 3.93. The number of hydrogen-bond donors (Lipinski definition) is 1. The fraction of sp³-hybridized carbons (Fsp3) is 0.429. The maximum Gasteiger partial charge on any atom is 0.108 e. The molecule has 1 rings (SSSR count). The van der Waals surface area contributed by atoms with Gasteiger partial charge in [-0.1, -0.05) is 50.3 Å². The molecule has 82 valence electrons. The molecule has 1 N–H and O–H groups in total. The van der Waals surface area contributed by atoms with Gasteiger partial charge in [0.1, 0.15) is 5.60 Å². The van der Waals surface area contributed by atoms with Crippen LogP contribution in [0.25, 0.3) is 0 Å². The van der Waals surface area contributed by atoms with E-state index in [0.717, 1.165) is 24.0 Å². The molecule has 0 aliphatic rings. The molecule has 1 aromatic carbocycles. The summed E-state index contributed by atoms with van der Waals surface area (Å²) in [4.78, 5) is 0. The molecule has 1 atom stereocenters. The third kappa shape index (κ3) is 2.69. The Morgan fingerprint density at radius 2 is 1.87 bits per heavy atom. The van der Waals surface area contributed by atoms with E-state index in [9.17, 15) is 5.11 Å². The molecule has 0 aliphatic heterocycles. The highest BCUT2D eigenvalue weighted by Gasteiger charge is 2.25. The van der Waals surface area contributed by atoms with Crippen LogP contribution in [0.5, 0.6) is 0 Å². The average molecular weight is 204 g/mol. The Bertz CT molecular complexity index is 322. The van der Waals surface area contributed by atoms with Crippen molar-refractivity contribution >= 4 is 0 Å². The zero-order valence-electron chi connectivity index (χ0n) is 9.83.